The van der Waals surface area contributed by atoms with E-state index < -0.39 is 18.2 Å². The van der Waals surface area contributed by atoms with Gasteiger partial charge in [0.2, 0.25) is 0 Å². The number of nitrogens with zero attached hydrogens (tertiary/aromatic N) is 2. The van der Waals surface area contributed by atoms with Crippen LogP contribution in [-0.4, -0.2) is 34.2 Å². The maximum absolute atomic E-state index is 11.5. The van der Waals surface area contributed by atoms with E-state index in [0.717, 1.165) is 0 Å². The van der Waals surface area contributed by atoms with E-state index in [1.165, 1.54) is 16.8 Å². The molecule has 88 valence electrons. The lowest BCUT2D eigenvalue weighted by Crippen LogP contribution is -2.37. The average Bonchev–Trinajstić information content (AvgIpc) is 2.29. The SMILES string of the molecule is Nc1ccn(C2CCO[C@H](CO)O2)c(=O)n1. The standard InChI is InChI=1S/C9H13N3O4/c10-6-1-3-12(9(14)11-6)7-2-4-15-8(5-13)16-7/h1,3,7-8,13H,2,4-5H2,(H2,10,11,14)/t7?,8-/m0/s1. The number of ether oxygens (including phenoxy) is 2. The van der Waals surface area contributed by atoms with Crippen molar-refractivity contribution < 1.29 is 14.6 Å². The van der Waals surface area contributed by atoms with Gasteiger partial charge in [-0.15, -0.1) is 0 Å². The quantitative estimate of drug-likeness (QED) is 0.677. The third-order valence-electron chi connectivity index (χ3n) is 2.29. The van der Waals surface area contributed by atoms with E-state index in [9.17, 15) is 4.79 Å². The summed E-state index contributed by atoms with van der Waals surface area (Å²) in [7, 11) is 0. The molecule has 2 heterocycles. The van der Waals surface area contributed by atoms with E-state index in [2.05, 4.69) is 4.98 Å². The van der Waals surface area contributed by atoms with Crippen LogP contribution < -0.4 is 11.4 Å². The first kappa shape index (κ1) is 11.1. The molecule has 0 amide bonds. The summed E-state index contributed by atoms with van der Waals surface area (Å²) >= 11 is 0. The molecule has 1 aromatic rings. The predicted molar refractivity (Wildman–Crippen MR) is 54.5 cm³/mol. The number of hydrogen-bond acceptors (Lipinski definition) is 6. The van der Waals surface area contributed by atoms with Crippen LogP contribution in [0.1, 0.15) is 12.6 Å². The Morgan fingerprint density at radius 1 is 1.69 bits per heavy atom. The van der Waals surface area contributed by atoms with Gasteiger partial charge >= 0.3 is 5.69 Å². The Hall–Kier alpha value is -1.44. The Kier molecular flexibility index (Phi) is 3.18. The molecule has 1 aromatic heterocycles. The molecule has 0 spiro atoms. The Labute approximate surface area is 91.4 Å². The smallest absolute Gasteiger partial charge is 0.351 e. The average molecular weight is 227 g/mol. The van der Waals surface area contributed by atoms with Crippen LogP contribution in [0.25, 0.3) is 0 Å². The highest BCUT2D eigenvalue weighted by atomic mass is 16.7. The van der Waals surface area contributed by atoms with Crippen molar-refractivity contribution >= 4 is 5.82 Å². The molecule has 2 atom stereocenters. The third-order valence-corrected chi connectivity index (χ3v) is 2.29. The van der Waals surface area contributed by atoms with Gasteiger partial charge in [0.15, 0.2) is 6.29 Å². The number of hydrogen-bond donors (Lipinski definition) is 2. The van der Waals surface area contributed by atoms with Gasteiger partial charge < -0.3 is 20.3 Å². The largest absolute Gasteiger partial charge is 0.391 e. The van der Waals surface area contributed by atoms with Crippen molar-refractivity contribution in [3.63, 3.8) is 0 Å². The molecular weight excluding hydrogens is 214 g/mol. The first-order valence-electron chi connectivity index (χ1n) is 4.93. The van der Waals surface area contributed by atoms with Crippen molar-refractivity contribution in [1.29, 1.82) is 0 Å². The molecule has 1 fully saturated rings. The lowest BCUT2D eigenvalue weighted by molar-refractivity contribution is -0.246. The molecule has 0 aliphatic carbocycles. The van der Waals surface area contributed by atoms with E-state index in [1.807, 2.05) is 0 Å². The maximum atomic E-state index is 11.5. The van der Waals surface area contributed by atoms with Gasteiger partial charge in [0, 0.05) is 12.6 Å². The minimum atomic E-state index is -0.691. The summed E-state index contributed by atoms with van der Waals surface area (Å²) in [6.45, 7) is 0.181. The molecule has 7 nitrogen and oxygen atoms in total. The van der Waals surface area contributed by atoms with Crippen LogP contribution in [0.15, 0.2) is 17.1 Å². The second kappa shape index (κ2) is 4.60. The molecular formula is C9H13N3O4. The van der Waals surface area contributed by atoms with Crippen LogP contribution in [0, 0.1) is 0 Å². The number of aliphatic hydroxyl groups is 1. The van der Waals surface area contributed by atoms with Crippen molar-refractivity contribution in [2.45, 2.75) is 18.9 Å². The zero-order valence-corrected chi connectivity index (χ0v) is 8.57. The molecule has 1 saturated heterocycles. The zero-order valence-electron chi connectivity index (χ0n) is 8.57. The number of nitrogens with two attached hydrogens (primary N) is 1. The Bertz CT molecular complexity index is 419. The summed E-state index contributed by atoms with van der Waals surface area (Å²) in [6.07, 6.45) is 0.895. The van der Waals surface area contributed by atoms with E-state index in [4.69, 9.17) is 20.3 Å². The van der Waals surface area contributed by atoms with Gasteiger partial charge in [-0.2, -0.15) is 4.98 Å². The van der Waals surface area contributed by atoms with Gasteiger partial charge in [-0.1, -0.05) is 0 Å². The van der Waals surface area contributed by atoms with Crippen molar-refractivity contribution in [2.75, 3.05) is 18.9 Å². The molecule has 1 unspecified atom stereocenters. The fourth-order valence-electron chi connectivity index (χ4n) is 1.53. The van der Waals surface area contributed by atoms with Crippen molar-refractivity contribution in [3.05, 3.63) is 22.7 Å². The second-order valence-corrected chi connectivity index (χ2v) is 3.40. The van der Waals surface area contributed by atoms with Crippen LogP contribution >= 0.6 is 0 Å². The monoisotopic (exact) mass is 227 g/mol. The van der Waals surface area contributed by atoms with Crippen molar-refractivity contribution in [2.24, 2.45) is 0 Å². The minimum Gasteiger partial charge on any atom is -0.391 e. The lowest BCUT2D eigenvalue weighted by atomic mass is 10.3. The van der Waals surface area contributed by atoms with Gasteiger partial charge in [0.05, 0.1) is 13.2 Å². The topological polar surface area (TPSA) is 99.6 Å². The Balaban J connectivity index is 2.20. The van der Waals surface area contributed by atoms with E-state index >= 15 is 0 Å². The molecule has 2 rings (SSSR count). The number of rotatable bonds is 2. The van der Waals surface area contributed by atoms with Gasteiger partial charge in [0.1, 0.15) is 12.0 Å². The summed E-state index contributed by atoms with van der Waals surface area (Å²) in [5.41, 5.74) is 4.91. The maximum Gasteiger partial charge on any atom is 0.351 e. The van der Waals surface area contributed by atoms with E-state index in [-0.39, 0.29) is 12.4 Å². The molecule has 1 aliphatic heterocycles. The summed E-state index contributed by atoms with van der Waals surface area (Å²) in [4.78, 5) is 15.1. The number of anilines is 1. The summed E-state index contributed by atoms with van der Waals surface area (Å²) in [6, 6.07) is 1.52. The summed E-state index contributed by atoms with van der Waals surface area (Å²) in [5.74, 6) is 0.173. The highest BCUT2D eigenvalue weighted by Crippen LogP contribution is 2.19. The van der Waals surface area contributed by atoms with Crippen molar-refractivity contribution in [3.8, 4) is 0 Å². The van der Waals surface area contributed by atoms with Gasteiger partial charge in [-0.05, 0) is 6.07 Å². The van der Waals surface area contributed by atoms with Crippen LogP contribution in [-0.2, 0) is 9.47 Å². The third kappa shape index (κ3) is 2.21. The van der Waals surface area contributed by atoms with Crippen LogP contribution in [0.5, 0.6) is 0 Å². The number of nitrogen functional groups attached to an aromatic ring is 1. The molecule has 0 aromatic carbocycles. The predicted octanol–water partition coefficient (Wildman–Crippen LogP) is -0.921. The molecule has 16 heavy (non-hydrogen) atoms. The van der Waals surface area contributed by atoms with Gasteiger partial charge in [-0.25, -0.2) is 4.79 Å². The summed E-state index contributed by atoms with van der Waals surface area (Å²) < 4.78 is 11.8. The summed E-state index contributed by atoms with van der Waals surface area (Å²) in [5, 5.41) is 8.90. The molecule has 0 radical (unpaired) electrons. The lowest BCUT2D eigenvalue weighted by Gasteiger charge is -2.29. The normalized spacial score (nSPS) is 25.6. The number of aliphatic hydroxyl groups excluding tert-OH is 1. The Morgan fingerprint density at radius 3 is 3.19 bits per heavy atom. The number of aromatic nitrogens is 2. The van der Waals surface area contributed by atoms with Crippen LogP contribution in [0.2, 0.25) is 0 Å². The molecule has 1 aliphatic rings. The van der Waals surface area contributed by atoms with Gasteiger partial charge in [0.25, 0.3) is 0 Å². The van der Waals surface area contributed by atoms with Crippen molar-refractivity contribution in [1.82, 2.24) is 9.55 Å². The fraction of sp³-hybridized carbons (Fsp3) is 0.556. The molecule has 7 heteroatoms. The highest BCUT2D eigenvalue weighted by Gasteiger charge is 2.24. The Morgan fingerprint density at radius 2 is 2.50 bits per heavy atom. The molecule has 0 saturated carbocycles. The van der Waals surface area contributed by atoms with E-state index in [0.29, 0.717) is 13.0 Å². The minimum absolute atomic E-state index is 0.173. The zero-order chi connectivity index (χ0) is 11.5. The van der Waals surface area contributed by atoms with Crippen LogP contribution in [0.4, 0.5) is 5.82 Å². The van der Waals surface area contributed by atoms with Gasteiger partial charge in [-0.3, -0.25) is 4.57 Å². The first-order chi connectivity index (χ1) is 7.70. The molecule has 3 N–H and O–H groups in total. The second-order valence-electron chi connectivity index (χ2n) is 3.40. The highest BCUT2D eigenvalue weighted by molar-refractivity contribution is 5.23. The first-order valence-corrected chi connectivity index (χ1v) is 4.93. The fourth-order valence-corrected chi connectivity index (χ4v) is 1.53. The van der Waals surface area contributed by atoms with Crippen LogP contribution in [0.3, 0.4) is 0 Å². The molecule has 0 bridgehead atoms. The van der Waals surface area contributed by atoms with E-state index in [1.54, 1.807) is 0 Å².